The van der Waals surface area contributed by atoms with E-state index >= 15 is 0 Å². The molecular weight excluding hydrogens is 164 g/mol. The second kappa shape index (κ2) is 4.45. The number of rotatable bonds is 4. The Bertz CT molecular complexity index is 208. The Hall–Kier alpha value is -0.790. The monoisotopic (exact) mass is 182 g/mol. The van der Waals surface area contributed by atoms with Gasteiger partial charge in [0, 0.05) is 0 Å². The quantitative estimate of drug-likeness (QED) is 0.679. The SMILES string of the molecule is C=C(CC)CC1CCCC1C(=O)O. The molecule has 2 heteroatoms. The van der Waals surface area contributed by atoms with Crippen molar-refractivity contribution in [3.63, 3.8) is 0 Å². The molecule has 0 aliphatic heterocycles. The normalized spacial score (nSPS) is 27.5. The molecule has 0 heterocycles. The highest BCUT2D eigenvalue weighted by Crippen LogP contribution is 2.36. The summed E-state index contributed by atoms with van der Waals surface area (Å²) in [4.78, 5) is 10.9. The fraction of sp³-hybridized carbons (Fsp3) is 0.727. The number of carboxylic acids is 1. The number of hydrogen-bond acceptors (Lipinski definition) is 1. The van der Waals surface area contributed by atoms with Gasteiger partial charge in [0.1, 0.15) is 0 Å². The van der Waals surface area contributed by atoms with Crippen LogP contribution in [0.15, 0.2) is 12.2 Å². The lowest BCUT2D eigenvalue weighted by molar-refractivity contribution is -0.142. The Morgan fingerprint density at radius 3 is 2.77 bits per heavy atom. The third-order valence-corrected chi connectivity index (χ3v) is 3.03. The first kappa shape index (κ1) is 10.3. The third-order valence-electron chi connectivity index (χ3n) is 3.03. The Morgan fingerprint density at radius 1 is 1.54 bits per heavy atom. The predicted molar refractivity (Wildman–Crippen MR) is 52.5 cm³/mol. The summed E-state index contributed by atoms with van der Waals surface area (Å²) in [6.07, 6.45) is 4.88. The first-order valence-electron chi connectivity index (χ1n) is 5.04. The van der Waals surface area contributed by atoms with Crippen molar-refractivity contribution in [1.29, 1.82) is 0 Å². The Morgan fingerprint density at radius 2 is 2.23 bits per heavy atom. The number of hydrogen-bond donors (Lipinski definition) is 1. The molecule has 1 aliphatic rings. The molecule has 0 spiro atoms. The zero-order valence-corrected chi connectivity index (χ0v) is 8.25. The first-order chi connectivity index (χ1) is 6.15. The summed E-state index contributed by atoms with van der Waals surface area (Å²) in [5.74, 6) is -0.375. The van der Waals surface area contributed by atoms with Crippen molar-refractivity contribution < 1.29 is 9.90 Å². The Balaban J connectivity index is 2.48. The average Bonchev–Trinajstić information content (AvgIpc) is 2.52. The number of aliphatic carboxylic acids is 1. The fourth-order valence-electron chi connectivity index (χ4n) is 2.12. The minimum Gasteiger partial charge on any atom is -0.481 e. The van der Waals surface area contributed by atoms with E-state index < -0.39 is 5.97 Å². The number of carbonyl (C=O) groups is 1. The molecule has 0 radical (unpaired) electrons. The van der Waals surface area contributed by atoms with E-state index in [1.54, 1.807) is 0 Å². The summed E-state index contributed by atoms with van der Waals surface area (Å²) < 4.78 is 0. The van der Waals surface area contributed by atoms with E-state index in [0.717, 1.165) is 32.1 Å². The van der Waals surface area contributed by atoms with Gasteiger partial charge in [-0.2, -0.15) is 0 Å². The van der Waals surface area contributed by atoms with Crippen LogP contribution in [0.2, 0.25) is 0 Å². The van der Waals surface area contributed by atoms with E-state index in [-0.39, 0.29) is 5.92 Å². The summed E-state index contributed by atoms with van der Waals surface area (Å²) in [6, 6.07) is 0. The molecule has 2 atom stereocenters. The van der Waals surface area contributed by atoms with Crippen molar-refractivity contribution >= 4 is 5.97 Å². The van der Waals surface area contributed by atoms with E-state index in [2.05, 4.69) is 13.5 Å². The fourth-order valence-corrected chi connectivity index (χ4v) is 2.12. The summed E-state index contributed by atoms with van der Waals surface area (Å²) in [5, 5.41) is 8.94. The predicted octanol–water partition coefficient (Wildman–Crippen LogP) is 2.84. The van der Waals surface area contributed by atoms with E-state index in [0.29, 0.717) is 5.92 Å². The van der Waals surface area contributed by atoms with Crippen LogP contribution in [0.5, 0.6) is 0 Å². The van der Waals surface area contributed by atoms with Crippen molar-refractivity contribution in [1.82, 2.24) is 0 Å². The van der Waals surface area contributed by atoms with Gasteiger partial charge in [-0.05, 0) is 31.6 Å². The molecule has 1 aliphatic carbocycles. The molecule has 0 aromatic heterocycles. The van der Waals surface area contributed by atoms with Crippen LogP contribution in [0.25, 0.3) is 0 Å². The maximum Gasteiger partial charge on any atom is 0.306 e. The van der Waals surface area contributed by atoms with Crippen LogP contribution >= 0.6 is 0 Å². The molecule has 1 rings (SSSR count). The van der Waals surface area contributed by atoms with Gasteiger partial charge in [-0.3, -0.25) is 4.79 Å². The van der Waals surface area contributed by atoms with Gasteiger partial charge >= 0.3 is 5.97 Å². The molecule has 0 bridgehead atoms. The van der Waals surface area contributed by atoms with Crippen molar-refractivity contribution in [2.24, 2.45) is 11.8 Å². The summed E-state index contributed by atoms with van der Waals surface area (Å²) in [5.41, 5.74) is 1.19. The van der Waals surface area contributed by atoms with Gasteiger partial charge in [0.25, 0.3) is 0 Å². The maximum absolute atomic E-state index is 10.9. The second-order valence-corrected chi connectivity index (χ2v) is 3.94. The number of carboxylic acid groups (broad SMARTS) is 1. The molecule has 13 heavy (non-hydrogen) atoms. The van der Waals surface area contributed by atoms with Gasteiger partial charge in [-0.1, -0.05) is 25.5 Å². The zero-order chi connectivity index (χ0) is 9.84. The lowest BCUT2D eigenvalue weighted by atomic mass is 9.89. The van der Waals surface area contributed by atoms with Crippen LogP contribution in [0.4, 0.5) is 0 Å². The molecule has 74 valence electrons. The number of allylic oxidation sites excluding steroid dienone is 1. The lowest BCUT2D eigenvalue weighted by Gasteiger charge is -2.16. The molecule has 0 aromatic rings. The van der Waals surface area contributed by atoms with Gasteiger partial charge < -0.3 is 5.11 Å². The minimum absolute atomic E-state index is 0.108. The molecule has 2 unspecified atom stereocenters. The molecule has 1 saturated carbocycles. The van der Waals surface area contributed by atoms with Gasteiger partial charge in [-0.25, -0.2) is 0 Å². The van der Waals surface area contributed by atoms with Crippen LogP contribution in [-0.2, 0) is 4.79 Å². The standard InChI is InChI=1S/C11H18O2/c1-3-8(2)7-9-5-4-6-10(9)11(12)13/h9-10H,2-7H2,1H3,(H,12,13). The molecule has 0 saturated heterocycles. The van der Waals surface area contributed by atoms with Crippen LogP contribution < -0.4 is 0 Å². The summed E-state index contributed by atoms with van der Waals surface area (Å²) >= 11 is 0. The Kier molecular flexibility index (Phi) is 3.52. The second-order valence-electron chi connectivity index (χ2n) is 3.94. The highest BCUT2D eigenvalue weighted by molar-refractivity contribution is 5.70. The van der Waals surface area contributed by atoms with Gasteiger partial charge in [0.2, 0.25) is 0 Å². The highest BCUT2D eigenvalue weighted by atomic mass is 16.4. The largest absolute Gasteiger partial charge is 0.481 e. The first-order valence-corrected chi connectivity index (χ1v) is 5.04. The van der Waals surface area contributed by atoms with Crippen molar-refractivity contribution in [3.05, 3.63) is 12.2 Å². The molecule has 0 aromatic carbocycles. The Labute approximate surface area is 79.6 Å². The zero-order valence-electron chi connectivity index (χ0n) is 8.25. The summed E-state index contributed by atoms with van der Waals surface area (Å²) in [7, 11) is 0. The van der Waals surface area contributed by atoms with Gasteiger partial charge in [0.05, 0.1) is 5.92 Å². The van der Waals surface area contributed by atoms with Crippen LogP contribution in [0, 0.1) is 11.8 Å². The van der Waals surface area contributed by atoms with E-state index in [1.807, 2.05) is 0 Å². The third kappa shape index (κ3) is 2.58. The van der Waals surface area contributed by atoms with E-state index in [9.17, 15) is 4.79 Å². The highest BCUT2D eigenvalue weighted by Gasteiger charge is 2.32. The van der Waals surface area contributed by atoms with Crippen LogP contribution in [0.3, 0.4) is 0 Å². The lowest BCUT2D eigenvalue weighted by Crippen LogP contribution is -2.18. The van der Waals surface area contributed by atoms with Crippen molar-refractivity contribution in [3.8, 4) is 0 Å². The van der Waals surface area contributed by atoms with Crippen molar-refractivity contribution in [2.75, 3.05) is 0 Å². The van der Waals surface area contributed by atoms with Crippen LogP contribution in [0.1, 0.15) is 39.0 Å². The van der Waals surface area contributed by atoms with Crippen LogP contribution in [-0.4, -0.2) is 11.1 Å². The van der Waals surface area contributed by atoms with E-state index in [1.165, 1.54) is 5.57 Å². The van der Waals surface area contributed by atoms with Gasteiger partial charge in [-0.15, -0.1) is 0 Å². The summed E-state index contributed by atoms with van der Waals surface area (Å²) in [6.45, 7) is 6.01. The molecular formula is C11H18O2. The average molecular weight is 182 g/mol. The molecule has 0 amide bonds. The van der Waals surface area contributed by atoms with Gasteiger partial charge in [0.15, 0.2) is 0 Å². The van der Waals surface area contributed by atoms with E-state index in [4.69, 9.17) is 5.11 Å². The topological polar surface area (TPSA) is 37.3 Å². The minimum atomic E-state index is -0.619. The molecule has 2 nitrogen and oxygen atoms in total. The smallest absolute Gasteiger partial charge is 0.306 e. The molecule has 1 N–H and O–H groups in total. The van der Waals surface area contributed by atoms with Crippen molar-refractivity contribution in [2.45, 2.75) is 39.0 Å². The molecule has 1 fully saturated rings. The maximum atomic E-state index is 10.9.